The van der Waals surface area contributed by atoms with Crippen LogP contribution in [0.4, 0.5) is 0 Å². The van der Waals surface area contributed by atoms with Gasteiger partial charge in [0.25, 0.3) is 0 Å². The van der Waals surface area contributed by atoms with Gasteiger partial charge in [0.2, 0.25) is 22.8 Å². The van der Waals surface area contributed by atoms with Gasteiger partial charge >= 0.3 is 0 Å². The van der Waals surface area contributed by atoms with Crippen LogP contribution in [0.15, 0.2) is 176 Å². The maximum absolute atomic E-state index is 2.46. The Morgan fingerprint density at radius 2 is 0.577 bits per heavy atom. The van der Waals surface area contributed by atoms with Crippen molar-refractivity contribution in [1.82, 2.24) is 0 Å². The molecule has 0 unspecified atom stereocenters. The molecule has 0 amide bonds. The third-order valence-electron chi connectivity index (χ3n) is 26.7. The van der Waals surface area contributed by atoms with E-state index in [0.717, 1.165) is 23.7 Å². The van der Waals surface area contributed by atoms with E-state index in [-0.39, 0.29) is 10.8 Å². The normalized spacial score (nSPS) is 15.4. The molecule has 4 heterocycles. The molecule has 0 aliphatic heterocycles. The fourth-order valence-electron chi connectivity index (χ4n) is 19.2. The van der Waals surface area contributed by atoms with E-state index in [9.17, 15) is 0 Å². The summed E-state index contributed by atoms with van der Waals surface area (Å²) in [7, 11) is 8.72. The van der Waals surface area contributed by atoms with Crippen LogP contribution in [0, 0.1) is 41.5 Å². The fourth-order valence-corrected chi connectivity index (χ4v) is 19.2. The predicted octanol–water partition coefficient (Wildman–Crippen LogP) is 27.8. The molecule has 111 heavy (non-hydrogen) atoms. The molecule has 578 valence electrons. The predicted molar refractivity (Wildman–Crippen MR) is 475 cm³/mol. The van der Waals surface area contributed by atoms with E-state index in [2.05, 4.69) is 348 Å². The van der Waals surface area contributed by atoms with E-state index in [4.69, 9.17) is 0 Å². The van der Waals surface area contributed by atoms with Gasteiger partial charge in [0.15, 0.2) is 24.8 Å². The summed E-state index contributed by atoms with van der Waals surface area (Å²) in [4.78, 5) is 0. The summed E-state index contributed by atoms with van der Waals surface area (Å²) in [5.41, 5.74) is 32.7. The van der Waals surface area contributed by atoms with Gasteiger partial charge in [0.1, 0.15) is 28.2 Å². The van der Waals surface area contributed by atoms with Crippen LogP contribution < -0.4 is 18.3 Å². The molecule has 4 fully saturated rings. The zero-order valence-electron chi connectivity index (χ0n) is 72.4. The minimum atomic E-state index is 0.145. The first-order valence-corrected chi connectivity index (χ1v) is 43.1. The summed E-state index contributed by atoms with van der Waals surface area (Å²) in [5, 5.41) is 10.9. The minimum Gasteiger partial charge on any atom is -0.200 e. The monoisotopic (exact) mass is 1480 g/mol. The minimum absolute atomic E-state index is 0.145. The smallest absolute Gasteiger partial charge is 0.200 e. The van der Waals surface area contributed by atoms with E-state index >= 15 is 0 Å². The third-order valence-corrected chi connectivity index (χ3v) is 26.7. The van der Waals surface area contributed by atoms with Crippen molar-refractivity contribution in [1.29, 1.82) is 0 Å². The van der Waals surface area contributed by atoms with Crippen molar-refractivity contribution in [2.24, 2.45) is 28.2 Å². The Kier molecular flexibility index (Phi) is 24.4. The number of aryl methyl sites for hydroxylation is 7. The lowest BCUT2D eigenvalue weighted by Gasteiger charge is -2.22. The van der Waals surface area contributed by atoms with Gasteiger partial charge in [-0.05, 0) is 299 Å². The van der Waals surface area contributed by atoms with Crippen LogP contribution in [-0.2, 0) is 39.0 Å². The number of nitrogens with zero attached hydrogens (tertiary/aromatic N) is 4. The van der Waals surface area contributed by atoms with Gasteiger partial charge in [-0.3, -0.25) is 0 Å². The molecule has 4 aromatic heterocycles. The molecule has 8 aromatic carbocycles. The van der Waals surface area contributed by atoms with Crippen LogP contribution in [-0.4, -0.2) is 0 Å². The number of hydrogen-bond donors (Lipinski definition) is 0. The van der Waals surface area contributed by atoms with Gasteiger partial charge in [-0.15, -0.1) is 0 Å². The second kappa shape index (κ2) is 33.6. The van der Waals surface area contributed by atoms with E-state index in [1.807, 2.05) is 0 Å². The largest absolute Gasteiger partial charge is 0.220 e. The molecule has 0 atom stereocenters. The Labute approximate surface area is 669 Å². The molecule has 0 saturated heterocycles. The Morgan fingerprint density at radius 1 is 0.279 bits per heavy atom. The highest BCUT2D eigenvalue weighted by molar-refractivity contribution is 5.97. The lowest BCUT2D eigenvalue weighted by molar-refractivity contribution is -0.659. The first-order chi connectivity index (χ1) is 52.9. The van der Waals surface area contributed by atoms with Gasteiger partial charge in [0.05, 0.1) is 38.2 Å². The first-order valence-electron chi connectivity index (χ1n) is 43.1. The second-order valence-electron chi connectivity index (χ2n) is 37.7. The van der Waals surface area contributed by atoms with Crippen LogP contribution >= 0.6 is 0 Å². The third kappa shape index (κ3) is 17.3. The number of aromatic nitrogens is 4. The highest BCUT2D eigenvalue weighted by atomic mass is 14.9. The molecule has 12 aromatic rings. The molecule has 16 rings (SSSR count). The van der Waals surface area contributed by atoms with Crippen LogP contribution in [0.5, 0.6) is 0 Å². The van der Waals surface area contributed by atoms with Gasteiger partial charge in [-0.25, -0.2) is 18.3 Å². The molecule has 4 nitrogen and oxygen atoms in total. The molecule has 0 N–H and O–H groups in total. The summed E-state index contributed by atoms with van der Waals surface area (Å²) in [6.07, 6.45) is 30.8. The Balaban J connectivity index is 0.000000130. The summed E-state index contributed by atoms with van der Waals surface area (Å²) >= 11 is 0. The van der Waals surface area contributed by atoms with Crippen molar-refractivity contribution in [3.05, 3.63) is 260 Å². The fraction of sp³-hybridized carbons (Fsp3) is 0.439. The average molecular weight is 1480 g/mol. The highest BCUT2D eigenvalue weighted by Crippen LogP contribution is 2.44. The lowest BCUT2D eigenvalue weighted by Crippen LogP contribution is -2.31. The van der Waals surface area contributed by atoms with Crippen LogP contribution in [0.1, 0.15) is 311 Å². The van der Waals surface area contributed by atoms with Crippen molar-refractivity contribution in [3.63, 3.8) is 0 Å². The SMILES string of the molecule is Cc1c(-c2c3ccc(C4CCCC4)cc3cc[n+]2C)cc(C(C)C)cc1C(C)C.Cc1cc(C(C)(C)C)cc(-c2c3ccc(C4CCCC4)cc3cc[n+]2C)c1C.Cc1cc(C(C)C)cc(-c2c3ccc(C4CCCC4)cc3cc[n+]2C)c1C.Cc1ccc(C(C)(C)C)cc1-c1c2ccc(C3CCCC3)cc2cc[n+]1C. The lowest BCUT2D eigenvalue weighted by atomic mass is 9.82. The van der Waals surface area contributed by atoms with Crippen LogP contribution in [0.2, 0.25) is 0 Å². The topological polar surface area (TPSA) is 15.5 Å². The number of rotatable bonds is 11. The Bertz CT molecular complexity index is 5380. The molecular formula is C107H134N4+4. The van der Waals surface area contributed by atoms with Crippen molar-refractivity contribution in [2.45, 2.75) is 280 Å². The molecule has 0 radical (unpaired) electrons. The molecule has 4 aliphatic rings. The van der Waals surface area contributed by atoms with Crippen molar-refractivity contribution in [3.8, 4) is 45.0 Å². The number of benzene rings is 8. The molecule has 4 heteroatoms. The van der Waals surface area contributed by atoms with Crippen molar-refractivity contribution in [2.75, 3.05) is 0 Å². The Morgan fingerprint density at radius 3 is 0.901 bits per heavy atom. The van der Waals surface area contributed by atoms with Crippen molar-refractivity contribution < 1.29 is 18.3 Å². The zero-order valence-corrected chi connectivity index (χ0v) is 72.4. The first kappa shape index (κ1) is 80.4. The number of pyridine rings is 4. The molecule has 4 aliphatic carbocycles. The summed E-state index contributed by atoms with van der Waals surface area (Å²) in [6.45, 7) is 41.1. The van der Waals surface area contributed by atoms with Gasteiger partial charge in [-0.2, -0.15) is 0 Å². The summed E-state index contributed by atoms with van der Waals surface area (Å²) in [5.74, 6) is 4.64. The maximum Gasteiger partial charge on any atom is 0.220 e. The van der Waals surface area contributed by atoms with E-state index in [0.29, 0.717) is 17.8 Å². The van der Waals surface area contributed by atoms with Gasteiger partial charge in [0, 0.05) is 29.8 Å². The van der Waals surface area contributed by atoms with E-state index < -0.39 is 0 Å². The van der Waals surface area contributed by atoms with Gasteiger partial charge in [-0.1, -0.05) is 213 Å². The number of fused-ring (bicyclic) bond motifs is 4. The van der Waals surface area contributed by atoms with Gasteiger partial charge < -0.3 is 0 Å². The Hall–Kier alpha value is -8.60. The van der Waals surface area contributed by atoms with E-state index in [1.165, 1.54) is 274 Å². The van der Waals surface area contributed by atoms with Crippen LogP contribution in [0.25, 0.3) is 88.1 Å². The molecular weight excluding hydrogens is 1340 g/mol. The van der Waals surface area contributed by atoms with Crippen LogP contribution in [0.3, 0.4) is 0 Å². The van der Waals surface area contributed by atoms with Crippen molar-refractivity contribution >= 4 is 43.1 Å². The summed E-state index contributed by atoms with van der Waals surface area (Å²) < 4.78 is 9.19. The summed E-state index contributed by atoms with van der Waals surface area (Å²) in [6, 6.07) is 59.3. The molecule has 0 spiro atoms. The second-order valence-corrected chi connectivity index (χ2v) is 37.7. The maximum atomic E-state index is 2.46. The standard InChI is InChI=1S/C28H36N.C27H34N.2C26H32N/c1-18(2)24-16-26(19(3)4)20(5)27(17-24)28-25-12-11-22(21-9-7-8-10-21)15-23(25)13-14-29(28)6;1-18-15-23(27(3,4)5)17-25(19(18)2)26-24-12-11-21(20-9-7-8-10-20)16-22(24)13-14-28(26)6;1-18-10-12-22(26(2,3)4)17-24(18)25-23-13-11-20(19-8-6-7-9-19)16-21(23)14-15-27(25)5;1-17(2)23-14-18(3)19(4)25(16-23)26-24-11-10-21(20-8-6-7-9-20)15-22(24)12-13-27(26)5/h11-19,21H,7-10H2,1-6H3;11-17,20H,7-10H2,1-6H3;10-17,19H,6-9H2,1-5H3;10-17,20H,6-9H2,1-5H3/q4*+1. The highest BCUT2D eigenvalue weighted by Gasteiger charge is 2.30. The molecule has 0 bridgehead atoms. The zero-order chi connectivity index (χ0) is 79.1. The van der Waals surface area contributed by atoms with E-state index in [1.54, 1.807) is 0 Å². The quantitative estimate of drug-likeness (QED) is 0.115. The average Bonchev–Trinajstić information content (AvgIpc) is 1.17. The molecule has 4 saturated carbocycles. The number of hydrogen-bond acceptors (Lipinski definition) is 0.